The van der Waals surface area contributed by atoms with Gasteiger partial charge in [-0.3, -0.25) is 19.4 Å². The van der Waals surface area contributed by atoms with Gasteiger partial charge in [-0.2, -0.15) is 0 Å². The number of amides is 3. The second-order valence-electron chi connectivity index (χ2n) is 5.47. The second kappa shape index (κ2) is 6.45. The van der Waals surface area contributed by atoms with Crippen LogP contribution in [0.15, 0.2) is 36.8 Å². The zero-order valence-corrected chi connectivity index (χ0v) is 12.7. The molecule has 0 saturated heterocycles. The number of hydrogen-bond acceptors (Lipinski definition) is 5. The number of carbonyl (C=O) groups is 3. The molecule has 0 radical (unpaired) electrons. The molecule has 2 heterocycles. The summed E-state index contributed by atoms with van der Waals surface area (Å²) >= 11 is 0. The molecule has 0 aliphatic heterocycles. The maximum Gasteiger partial charge on any atom is 0.255 e. The molecule has 2 aromatic heterocycles. The average Bonchev–Trinajstić information content (AvgIpc) is 3.40. The van der Waals surface area contributed by atoms with Crippen LogP contribution in [0.3, 0.4) is 0 Å². The largest absolute Gasteiger partial charge is 0.366 e. The molecule has 3 amide bonds. The topological polar surface area (TPSA) is 127 Å². The molecular weight excluding hydrogens is 310 g/mol. The van der Waals surface area contributed by atoms with Gasteiger partial charge in [0.15, 0.2) is 0 Å². The Bertz CT molecular complexity index is 817. The lowest BCUT2D eigenvalue weighted by Gasteiger charge is -2.08. The van der Waals surface area contributed by atoms with Gasteiger partial charge in [0.05, 0.1) is 17.4 Å². The maximum atomic E-state index is 12.3. The third-order valence-electron chi connectivity index (χ3n) is 3.50. The van der Waals surface area contributed by atoms with E-state index in [1.54, 1.807) is 0 Å². The van der Waals surface area contributed by atoms with Crippen molar-refractivity contribution in [2.24, 2.45) is 11.7 Å². The quantitative estimate of drug-likeness (QED) is 0.760. The van der Waals surface area contributed by atoms with Gasteiger partial charge >= 0.3 is 0 Å². The Morgan fingerprint density at radius 3 is 2.58 bits per heavy atom. The highest BCUT2D eigenvalue weighted by Crippen LogP contribution is 2.29. The summed E-state index contributed by atoms with van der Waals surface area (Å²) in [6.07, 6.45) is 5.93. The number of primary amides is 1. The molecule has 0 spiro atoms. The van der Waals surface area contributed by atoms with E-state index in [0.29, 0.717) is 17.1 Å². The molecule has 0 atom stereocenters. The van der Waals surface area contributed by atoms with E-state index in [1.807, 2.05) is 0 Å². The van der Waals surface area contributed by atoms with E-state index in [-0.39, 0.29) is 17.4 Å². The first-order valence-corrected chi connectivity index (χ1v) is 7.36. The van der Waals surface area contributed by atoms with Crippen LogP contribution in [0.4, 0.5) is 11.5 Å². The number of carbonyl (C=O) groups excluding carboxylic acids is 3. The molecule has 122 valence electrons. The first-order chi connectivity index (χ1) is 11.5. The summed E-state index contributed by atoms with van der Waals surface area (Å²) in [5.41, 5.74) is 6.04. The minimum Gasteiger partial charge on any atom is -0.366 e. The van der Waals surface area contributed by atoms with Gasteiger partial charge < -0.3 is 16.4 Å². The Kier molecular flexibility index (Phi) is 4.19. The van der Waals surface area contributed by atoms with Crippen molar-refractivity contribution in [2.75, 3.05) is 10.6 Å². The molecule has 8 nitrogen and oxygen atoms in total. The number of anilines is 2. The highest BCUT2D eigenvalue weighted by molar-refractivity contribution is 6.05. The van der Waals surface area contributed by atoms with Crippen molar-refractivity contribution in [2.45, 2.75) is 12.8 Å². The highest BCUT2D eigenvalue weighted by Gasteiger charge is 2.29. The molecule has 2 aromatic rings. The monoisotopic (exact) mass is 325 g/mol. The molecule has 4 N–H and O–H groups in total. The molecular formula is C16H15N5O3. The third-order valence-corrected chi connectivity index (χ3v) is 3.50. The fraction of sp³-hybridized carbons (Fsp3) is 0.188. The predicted octanol–water partition coefficient (Wildman–Crippen LogP) is 1.18. The molecule has 0 unspecified atom stereocenters. The van der Waals surface area contributed by atoms with E-state index < -0.39 is 11.8 Å². The molecule has 3 rings (SSSR count). The minimum atomic E-state index is -0.632. The highest BCUT2D eigenvalue weighted by atomic mass is 16.2. The summed E-state index contributed by atoms with van der Waals surface area (Å²) in [7, 11) is 0. The summed E-state index contributed by atoms with van der Waals surface area (Å²) in [5, 5.41) is 5.30. The van der Waals surface area contributed by atoms with Crippen molar-refractivity contribution in [1.29, 1.82) is 0 Å². The van der Waals surface area contributed by atoms with E-state index in [9.17, 15) is 14.4 Å². The molecule has 24 heavy (non-hydrogen) atoms. The van der Waals surface area contributed by atoms with Crippen molar-refractivity contribution in [3.05, 3.63) is 47.9 Å². The predicted molar refractivity (Wildman–Crippen MR) is 86.3 cm³/mol. The number of nitrogens with one attached hydrogen (secondary N) is 2. The van der Waals surface area contributed by atoms with Crippen LogP contribution < -0.4 is 16.4 Å². The SMILES string of the molecule is NC(=O)c1cncc(NC(=O)c2ccnc(NC(=O)C3CC3)c2)c1. The molecule has 0 bridgehead atoms. The van der Waals surface area contributed by atoms with Gasteiger partial charge in [-0.05, 0) is 31.0 Å². The lowest BCUT2D eigenvalue weighted by Crippen LogP contribution is -2.17. The fourth-order valence-corrected chi connectivity index (χ4v) is 2.06. The van der Waals surface area contributed by atoms with Crippen LogP contribution in [-0.2, 0) is 4.79 Å². The number of nitrogens with zero attached hydrogens (tertiary/aromatic N) is 2. The number of pyridine rings is 2. The number of rotatable bonds is 5. The maximum absolute atomic E-state index is 12.3. The number of aromatic nitrogens is 2. The van der Waals surface area contributed by atoms with E-state index in [1.165, 1.54) is 36.8 Å². The summed E-state index contributed by atoms with van der Waals surface area (Å²) in [5.74, 6) is -0.760. The van der Waals surface area contributed by atoms with Gasteiger partial charge in [-0.1, -0.05) is 0 Å². The van der Waals surface area contributed by atoms with Gasteiger partial charge in [0, 0.05) is 23.9 Å². The molecule has 1 aliphatic rings. The molecule has 1 saturated carbocycles. The lowest BCUT2D eigenvalue weighted by molar-refractivity contribution is -0.117. The summed E-state index contributed by atoms with van der Waals surface area (Å²) < 4.78 is 0. The van der Waals surface area contributed by atoms with Gasteiger partial charge in [-0.25, -0.2) is 4.98 Å². The summed E-state index contributed by atoms with van der Waals surface area (Å²) in [6.45, 7) is 0. The van der Waals surface area contributed by atoms with Crippen LogP contribution in [0.5, 0.6) is 0 Å². The first kappa shape index (κ1) is 15.6. The van der Waals surface area contributed by atoms with Crippen molar-refractivity contribution in [3.63, 3.8) is 0 Å². The zero-order valence-electron chi connectivity index (χ0n) is 12.7. The normalized spacial score (nSPS) is 13.2. The lowest BCUT2D eigenvalue weighted by atomic mass is 10.2. The van der Waals surface area contributed by atoms with E-state index >= 15 is 0 Å². The van der Waals surface area contributed by atoms with Crippen molar-refractivity contribution in [3.8, 4) is 0 Å². The van der Waals surface area contributed by atoms with Gasteiger partial charge in [0.2, 0.25) is 11.8 Å². The van der Waals surface area contributed by atoms with Crippen LogP contribution in [0.2, 0.25) is 0 Å². The molecule has 1 fully saturated rings. The summed E-state index contributed by atoms with van der Waals surface area (Å²) in [6, 6.07) is 4.44. The average molecular weight is 325 g/mol. The fourth-order valence-electron chi connectivity index (χ4n) is 2.06. The van der Waals surface area contributed by atoms with E-state index in [4.69, 9.17) is 5.73 Å². The first-order valence-electron chi connectivity index (χ1n) is 7.36. The van der Waals surface area contributed by atoms with Crippen molar-refractivity contribution in [1.82, 2.24) is 9.97 Å². The second-order valence-corrected chi connectivity index (χ2v) is 5.47. The van der Waals surface area contributed by atoms with Gasteiger partial charge in [0.1, 0.15) is 5.82 Å². The van der Waals surface area contributed by atoms with Crippen molar-refractivity contribution < 1.29 is 14.4 Å². The van der Waals surface area contributed by atoms with Gasteiger partial charge in [0.25, 0.3) is 5.91 Å². The Balaban J connectivity index is 1.71. The van der Waals surface area contributed by atoms with E-state index in [2.05, 4.69) is 20.6 Å². The number of nitrogens with two attached hydrogens (primary N) is 1. The Hall–Kier alpha value is -3.29. The van der Waals surface area contributed by atoms with Crippen LogP contribution in [0, 0.1) is 5.92 Å². The minimum absolute atomic E-state index is 0.0481. The molecule has 0 aromatic carbocycles. The summed E-state index contributed by atoms with van der Waals surface area (Å²) in [4.78, 5) is 43.0. The third kappa shape index (κ3) is 3.72. The van der Waals surface area contributed by atoms with E-state index in [0.717, 1.165) is 12.8 Å². The molecule has 1 aliphatic carbocycles. The van der Waals surface area contributed by atoms with Crippen molar-refractivity contribution >= 4 is 29.2 Å². The smallest absolute Gasteiger partial charge is 0.255 e. The Labute approximate surface area is 137 Å². The Morgan fingerprint density at radius 2 is 1.88 bits per heavy atom. The van der Waals surface area contributed by atoms with Crippen LogP contribution in [-0.4, -0.2) is 27.7 Å². The Morgan fingerprint density at radius 1 is 1.08 bits per heavy atom. The standard InChI is InChI=1S/C16H15N5O3/c17-14(22)11-5-12(8-18-7-11)20-16(24)10-3-4-19-13(6-10)21-15(23)9-1-2-9/h3-9H,1-2H2,(H2,17,22)(H,20,24)(H,19,21,23). The van der Waals surface area contributed by atoms with Crippen LogP contribution >= 0.6 is 0 Å². The van der Waals surface area contributed by atoms with Crippen LogP contribution in [0.1, 0.15) is 33.6 Å². The number of hydrogen-bond donors (Lipinski definition) is 3. The molecule has 8 heteroatoms. The van der Waals surface area contributed by atoms with Crippen LogP contribution in [0.25, 0.3) is 0 Å². The zero-order chi connectivity index (χ0) is 17.1. The van der Waals surface area contributed by atoms with Gasteiger partial charge in [-0.15, -0.1) is 0 Å².